The van der Waals surface area contributed by atoms with Gasteiger partial charge in [0.1, 0.15) is 0 Å². The molecule has 0 nitrogen and oxygen atoms in total. The average molecular weight is 304 g/mol. The first kappa shape index (κ1) is 15.7. The topological polar surface area (TPSA) is 0 Å². The Morgan fingerprint density at radius 2 is 1.73 bits per heavy atom. The molecular formula is C20H26F2. The molecule has 2 aliphatic carbocycles. The molecule has 0 radical (unpaired) electrons. The highest BCUT2D eigenvalue weighted by atomic mass is 19.2. The van der Waals surface area contributed by atoms with Gasteiger partial charge < -0.3 is 0 Å². The van der Waals surface area contributed by atoms with E-state index in [-0.39, 0.29) is 0 Å². The Morgan fingerprint density at radius 3 is 2.36 bits per heavy atom. The van der Waals surface area contributed by atoms with Crippen LogP contribution in [0.2, 0.25) is 0 Å². The second-order valence-corrected chi connectivity index (χ2v) is 6.92. The Labute approximate surface area is 132 Å². The monoisotopic (exact) mass is 304 g/mol. The molecule has 1 aromatic carbocycles. The number of halogens is 2. The molecule has 0 aromatic heterocycles. The maximum atomic E-state index is 14.3. The zero-order valence-corrected chi connectivity index (χ0v) is 13.5. The fourth-order valence-corrected chi connectivity index (χ4v) is 4.24. The van der Waals surface area contributed by atoms with Crippen molar-refractivity contribution in [2.24, 2.45) is 11.8 Å². The van der Waals surface area contributed by atoms with Crippen LogP contribution in [0.15, 0.2) is 18.2 Å². The Bertz CT molecular complexity index is 553. The summed E-state index contributed by atoms with van der Waals surface area (Å²) in [6.07, 6.45) is 12.6. The largest absolute Gasteiger partial charge is 0.203 e. The molecule has 0 aliphatic heterocycles. The molecule has 22 heavy (non-hydrogen) atoms. The van der Waals surface area contributed by atoms with Gasteiger partial charge in [0.15, 0.2) is 11.6 Å². The van der Waals surface area contributed by atoms with Crippen LogP contribution >= 0.6 is 0 Å². The van der Waals surface area contributed by atoms with Gasteiger partial charge in [-0.05, 0) is 48.7 Å². The SMILES string of the molecule is CCc1ccc(C2=CCC(C3CCCCC3)CC2)c(F)c1F. The zero-order valence-electron chi connectivity index (χ0n) is 13.5. The summed E-state index contributed by atoms with van der Waals surface area (Å²) in [6.45, 7) is 1.85. The number of hydrogen-bond acceptors (Lipinski definition) is 0. The van der Waals surface area contributed by atoms with Crippen LogP contribution in [0.3, 0.4) is 0 Å². The highest BCUT2D eigenvalue weighted by Crippen LogP contribution is 2.40. The molecule has 0 bridgehead atoms. The Hall–Kier alpha value is -1.18. The third-order valence-corrected chi connectivity index (χ3v) is 5.66. The molecule has 2 aliphatic rings. The van der Waals surface area contributed by atoms with Crippen molar-refractivity contribution < 1.29 is 8.78 Å². The quantitative estimate of drug-likeness (QED) is 0.615. The number of benzene rings is 1. The van der Waals surface area contributed by atoms with Crippen molar-refractivity contribution in [2.45, 2.75) is 64.7 Å². The summed E-state index contributed by atoms with van der Waals surface area (Å²) in [5.74, 6) is 0.305. The third-order valence-electron chi connectivity index (χ3n) is 5.66. The van der Waals surface area contributed by atoms with Gasteiger partial charge >= 0.3 is 0 Å². The number of aryl methyl sites for hydroxylation is 1. The molecule has 120 valence electrons. The summed E-state index contributed by atoms with van der Waals surface area (Å²) in [4.78, 5) is 0. The zero-order chi connectivity index (χ0) is 15.5. The maximum Gasteiger partial charge on any atom is 0.166 e. The smallest absolute Gasteiger partial charge is 0.166 e. The van der Waals surface area contributed by atoms with Gasteiger partial charge in [-0.2, -0.15) is 0 Å². The Balaban J connectivity index is 1.74. The molecule has 1 fully saturated rings. The van der Waals surface area contributed by atoms with Crippen molar-refractivity contribution in [3.63, 3.8) is 0 Å². The first-order valence-electron chi connectivity index (χ1n) is 8.87. The Morgan fingerprint density at radius 1 is 0.955 bits per heavy atom. The average Bonchev–Trinajstić information content (AvgIpc) is 2.58. The van der Waals surface area contributed by atoms with Crippen LogP contribution in [0.5, 0.6) is 0 Å². The lowest BCUT2D eigenvalue weighted by atomic mass is 9.73. The van der Waals surface area contributed by atoms with Crippen LogP contribution in [0.1, 0.15) is 69.4 Å². The maximum absolute atomic E-state index is 14.3. The van der Waals surface area contributed by atoms with Gasteiger partial charge in [0, 0.05) is 5.56 Å². The summed E-state index contributed by atoms with van der Waals surface area (Å²) in [5, 5.41) is 0. The predicted molar refractivity (Wildman–Crippen MR) is 87.6 cm³/mol. The van der Waals surface area contributed by atoms with Gasteiger partial charge in [-0.3, -0.25) is 0 Å². The normalized spacial score (nSPS) is 23.4. The van der Waals surface area contributed by atoms with Crippen molar-refractivity contribution >= 4 is 5.57 Å². The number of allylic oxidation sites excluding steroid dienone is 2. The van der Waals surface area contributed by atoms with Gasteiger partial charge in [-0.1, -0.05) is 57.2 Å². The fourth-order valence-electron chi connectivity index (χ4n) is 4.24. The molecule has 0 heterocycles. The van der Waals surface area contributed by atoms with E-state index in [0.717, 1.165) is 36.7 Å². The summed E-state index contributed by atoms with van der Waals surface area (Å²) < 4.78 is 28.3. The second kappa shape index (κ2) is 6.93. The lowest BCUT2D eigenvalue weighted by Gasteiger charge is -2.32. The molecule has 2 heteroatoms. The number of hydrogen-bond donors (Lipinski definition) is 0. The standard InChI is InChI=1S/C20H26F2/c1-2-14-12-13-18(20(22)19(14)21)17-10-8-16(9-11-17)15-6-4-3-5-7-15/h10,12-13,15-16H,2-9,11H2,1H3. The minimum Gasteiger partial charge on any atom is -0.203 e. The van der Waals surface area contributed by atoms with Crippen molar-refractivity contribution in [1.29, 1.82) is 0 Å². The highest BCUT2D eigenvalue weighted by molar-refractivity contribution is 5.67. The molecule has 3 rings (SSSR count). The van der Waals surface area contributed by atoms with E-state index in [0.29, 0.717) is 17.5 Å². The van der Waals surface area contributed by atoms with Crippen molar-refractivity contribution in [3.05, 3.63) is 41.0 Å². The molecule has 1 atom stereocenters. The lowest BCUT2D eigenvalue weighted by Crippen LogP contribution is -2.19. The van der Waals surface area contributed by atoms with Gasteiger partial charge in [0.25, 0.3) is 0 Å². The van der Waals surface area contributed by atoms with E-state index in [4.69, 9.17) is 0 Å². The summed E-state index contributed by atoms with van der Waals surface area (Å²) in [7, 11) is 0. The molecule has 0 spiro atoms. The molecular weight excluding hydrogens is 278 g/mol. The molecule has 1 unspecified atom stereocenters. The highest BCUT2D eigenvalue weighted by Gasteiger charge is 2.26. The van der Waals surface area contributed by atoms with Gasteiger partial charge in [0.2, 0.25) is 0 Å². The summed E-state index contributed by atoms with van der Waals surface area (Å²) in [6, 6.07) is 3.51. The Kier molecular flexibility index (Phi) is 4.95. The molecule has 1 aromatic rings. The predicted octanol–water partition coefficient (Wildman–Crippen LogP) is 6.29. The van der Waals surface area contributed by atoms with Crippen LogP contribution in [0, 0.1) is 23.5 Å². The van der Waals surface area contributed by atoms with Crippen LogP contribution in [-0.4, -0.2) is 0 Å². The van der Waals surface area contributed by atoms with E-state index in [1.807, 2.05) is 6.92 Å². The minimum absolute atomic E-state index is 0.470. The van der Waals surface area contributed by atoms with Crippen molar-refractivity contribution in [3.8, 4) is 0 Å². The molecule has 0 amide bonds. The van der Waals surface area contributed by atoms with Crippen LogP contribution in [0.25, 0.3) is 5.57 Å². The minimum atomic E-state index is -0.657. The van der Waals surface area contributed by atoms with E-state index >= 15 is 0 Å². The van der Waals surface area contributed by atoms with Crippen LogP contribution in [-0.2, 0) is 6.42 Å². The first-order chi connectivity index (χ1) is 10.7. The van der Waals surface area contributed by atoms with Gasteiger partial charge in [-0.25, -0.2) is 8.78 Å². The van der Waals surface area contributed by atoms with Gasteiger partial charge in [0.05, 0.1) is 0 Å². The summed E-state index contributed by atoms with van der Waals surface area (Å²) >= 11 is 0. The fraction of sp³-hybridized carbons (Fsp3) is 0.600. The third kappa shape index (κ3) is 3.11. The van der Waals surface area contributed by atoms with E-state index in [9.17, 15) is 8.78 Å². The second-order valence-electron chi connectivity index (χ2n) is 6.92. The van der Waals surface area contributed by atoms with E-state index in [1.54, 1.807) is 12.1 Å². The summed E-state index contributed by atoms with van der Waals surface area (Å²) in [5.41, 5.74) is 1.96. The first-order valence-corrected chi connectivity index (χ1v) is 8.87. The molecule has 0 N–H and O–H groups in total. The lowest BCUT2D eigenvalue weighted by molar-refractivity contribution is 0.235. The molecule has 1 saturated carbocycles. The van der Waals surface area contributed by atoms with E-state index in [2.05, 4.69) is 6.08 Å². The van der Waals surface area contributed by atoms with Crippen molar-refractivity contribution in [2.75, 3.05) is 0 Å². The van der Waals surface area contributed by atoms with Crippen LogP contribution < -0.4 is 0 Å². The van der Waals surface area contributed by atoms with Gasteiger partial charge in [-0.15, -0.1) is 0 Å². The molecule has 0 saturated heterocycles. The number of rotatable bonds is 3. The van der Waals surface area contributed by atoms with E-state index in [1.165, 1.54) is 32.1 Å². The van der Waals surface area contributed by atoms with E-state index < -0.39 is 11.6 Å². The van der Waals surface area contributed by atoms with Crippen molar-refractivity contribution in [1.82, 2.24) is 0 Å². The van der Waals surface area contributed by atoms with Crippen LogP contribution in [0.4, 0.5) is 8.78 Å².